The molecule has 0 rings (SSSR count). The molecule has 1 amide bonds. The van der Waals surface area contributed by atoms with Gasteiger partial charge in [0.2, 0.25) is 5.91 Å². The molecule has 2 atom stereocenters. The number of rotatable bonds is 47. The number of unbranched alkanes of at least 4 members (excludes halogenated alkanes) is 32. The second-order valence-electron chi connectivity index (χ2n) is 17.5. The molecule has 346 valence electrons. The molecule has 0 aromatic carbocycles. The van der Waals surface area contributed by atoms with Gasteiger partial charge in [-0.25, -0.2) is 0 Å². The second-order valence-corrected chi connectivity index (χ2v) is 17.5. The highest BCUT2D eigenvalue weighted by Crippen LogP contribution is 2.15. The number of carbonyl (C=O) groups is 2. The lowest BCUT2D eigenvalue weighted by Crippen LogP contribution is -2.45. The van der Waals surface area contributed by atoms with Crippen LogP contribution < -0.4 is 5.32 Å². The Morgan fingerprint density at radius 2 is 0.847 bits per heavy atom. The van der Waals surface area contributed by atoms with Crippen molar-refractivity contribution in [2.75, 3.05) is 13.2 Å². The van der Waals surface area contributed by atoms with Crippen LogP contribution in [0, 0.1) is 0 Å². The van der Waals surface area contributed by atoms with Gasteiger partial charge >= 0.3 is 5.97 Å². The summed E-state index contributed by atoms with van der Waals surface area (Å²) in [6.45, 7) is 4.84. The molecule has 59 heavy (non-hydrogen) atoms. The number of carbonyl (C=O) groups excluding carboxylic acids is 2. The lowest BCUT2D eigenvalue weighted by atomic mass is 10.0. The molecule has 0 saturated carbocycles. The average Bonchev–Trinajstić information content (AvgIpc) is 3.24. The smallest absolute Gasteiger partial charge is 0.305 e. The van der Waals surface area contributed by atoms with Crippen LogP contribution in [0.1, 0.15) is 264 Å². The van der Waals surface area contributed by atoms with Gasteiger partial charge in [0.15, 0.2) is 0 Å². The van der Waals surface area contributed by atoms with Crippen LogP contribution in [0.2, 0.25) is 0 Å². The maximum absolute atomic E-state index is 12.4. The highest BCUT2D eigenvalue weighted by atomic mass is 16.5. The number of ether oxygens (including phenoxy) is 1. The first-order valence-corrected chi connectivity index (χ1v) is 25.8. The van der Waals surface area contributed by atoms with E-state index >= 15 is 0 Å². The van der Waals surface area contributed by atoms with Crippen molar-refractivity contribution in [2.24, 2.45) is 0 Å². The first-order valence-electron chi connectivity index (χ1n) is 25.8. The third-order valence-corrected chi connectivity index (χ3v) is 11.7. The van der Waals surface area contributed by atoms with E-state index in [1.54, 1.807) is 6.08 Å². The summed E-state index contributed by atoms with van der Waals surface area (Å²) in [4.78, 5) is 24.4. The van der Waals surface area contributed by atoms with E-state index < -0.39 is 12.1 Å². The van der Waals surface area contributed by atoms with Gasteiger partial charge in [0.05, 0.1) is 25.4 Å². The molecule has 6 nitrogen and oxygen atoms in total. The highest BCUT2D eigenvalue weighted by Gasteiger charge is 2.18. The van der Waals surface area contributed by atoms with Gasteiger partial charge in [-0.2, -0.15) is 0 Å². The molecule has 0 saturated heterocycles. The van der Waals surface area contributed by atoms with Crippen LogP contribution in [0.4, 0.5) is 0 Å². The van der Waals surface area contributed by atoms with Crippen molar-refractivity contribution < 1.29 is 24.5 Å². The molecule has 0 aliphatic rings. The molecular weight excluding hydrogens is 731 g/mol. The molecule has 0 heterocycles. The molecule has 0 aromatic rings. The predicted octanol–water partition coefficient (Wildman–Crippen LogP) is 15.3. The zero-order valence-corrected chi connectivity index (χ0v) is 39.2. The van der Waals surface area contributed by atoms with Crippen molar-refractivity contribution in [3.8, 4) is 0 Å². The normalized spacial score (nSPS) is 12.9. The Balaban J connectivity index is 3.49. The second kappa shape index (κ2) is 48.7. The molecule has 0 fully saturated rings. The molecule has 0 bridgehead atoms. The fourth-order valence-electron chi connectivity index (χ4n) is 7.66. The molecule has 0 aliphatic heterocycles. The van der Waals surface area contributed by atoms with Crippen LogP contribution in [0.25, 0.3) is 0 Å². The van der Waals surface area contributed by atoms with Crippen molar-refractivity contribution in [1.82, 2.24) is 5.32 Å². The fourth-order valence-corrected chi connectivity index (χ4v) is 7.66. The van der Waals surface area contributed by atoms with E-state index in [2.05, 4.69) is 43.5 Å². The van der Waals surface area contributed by atoms with Gasteiger partial charge in [-0.05, 0) is 64.2 Å². The molecule has 0 spiro atoms. The molecule has 6 heteroatoms. The molecule has 2 unspecified atom stereocenters. The van der Waals surface area contributed by atoms with Gasteiger partial charge < -0.3 is 20.3 Å². The lowest BCUT2D eigenvalue weighted by Gasteiger charge is -2.20. The maximum Gasteiger partial charge on any atom is 0.305 e. The van der Waals surface area contributed by atoms with Gasteiger partial charge in [-0.15, -0.1) is 0 Å². The Hall–Kier alpha value is -1.92. The van der Waals surface area contributed by atoms with E-state index in [-0.39, 0.29) is 18.5 Å². The van der Waals surface area contributed by atoms with Crippen LogP contribution in [-0.4, -0.2) is 47.4 Å². The number of hydrogen-bond donors (Lipinski definition) is 3. The topological polar surface area (TPSA) is 95.9 Å². The summed E-state index contributed by atoms with van der Waals surface area (Å²) in [7, 11) is 0. The predicted molar refractivity (Wildman–Crippen MR) is 255 cm³/mol. The number of hydrogen-bond acceptors (Lipinski definition) is 5. The molecule has 0 radical (unpaired) electrons. The Bertz CT molecular complexity index is 962. The SMILES string of the molecule is CCCCCC/C=C\C/C=C\CCCCCCCC(=O)OCCCCCCCCCCCCCCCC(=O)NC(CO)C(O)/C=C/CCCCCCCCCCCCC. The Labute approximate surface area is 366 Å². The van der Waals surface area contributed by atoms with Gasteiger partial charge in [0.25, 0.3) is 0 Å². The van der Waals surface area contributed by atoms with Crippen LogP contribution in [0.15, 0.2) is 36.5 Å². The van der Waals surface area contributed by atoms with E-state index in [0.29, 0.717) is 19.4 Å². The zero-order chi connectivity index (χ0) is 43.0. The summed E-state index contributed by atoms with van der Waals surface area (Å²) in [5.41, 5.74) is 0. The van der Waals surface area contributed by atoms with Gasteiger partial charge in [-0.3, -0.25) is 9.59 Å². The van der Waals surface area contributed by atoms with Crippen molar-refractivity contribution in [3.63, 3.8) is 0 Å². The third-order valence-electron chi connectivity index (χ3n) is 11.7. The minimum Gasteiger partial charge on any atom is -0.466 e. The van der Waals surface area contributed by atoms with E-state index in [4.69, 9.17) is 4.74 Å². The van der Waals surface area contributed by atoms with Crippen LogP contribution in [0.5, 0.6) is 0 Å². The zero-order valence-electron chi connectivity index (χ0n) is 39.2. The van der Waals surface area contributed by atoms with Crippen LogP contribution in [-0.2, 0) is 14.3 Å². The van der Waals surface area contributed by atoms with Gasteiger partial charge in [0.1, 0.15) is 0 Å². The summed E-state index contributed by atoms with van der Waals surface area (Å²) in [6.07, 6.45) is 58.5. The number of nitrogens with one attached hydrogen (secondary N) is 1. The Morgan fingerprint density at radius 3 is 1.31 bits per heavy atom. The summed E-state index contributed by atoms with van der Waals surface area (Å²) in [5.74, 6) is -0.104. The molecule has 0 aromatic heterocycles. The maximum atomic E-state index is 12.4. The van der Waals surface area contributed by atoms with Crippen molar-refractivity contribution in [1.29, 1.82) is 0 Å². The van der Waals surface area contributed by atoms with Crippen molar-refractivity contribution in [2.45, 2.75) is 276 Å². The quantitative estimate of drug-likeness (QED) is 0.0323. The summed E-state index contributed by atoms with van der Waals surface area (Å²) >= 11 is 0. The van der Waals surface area contributed by atoms with Crippen LogP contribution >= 0.6 is 0 Å². The van der Waals surface area contributed by atoms with E-state index in [0.717, 1.165) is 64.2 Å². The third kappa shape index (κ3) is 45.4. The van der Waals surface area contributed by atoms with E-state index in [9.17, 15) is 19.8 Å². The highest BCUT2D eigenvalue weighted by molar-refractivity contribution is 5.76. The van der Waals surface area contributed by atoms with Gasteiger partial charge in [0, 0.05) is 12.8 Å². The Kier molecular flexibility index (Phi) is 47.2. The van der Waals surface area contributed by atoms with Crippen molar-refractivity contribution >= 4 is 11.9 Å². The number of esters is 1. The fraction of sp³-hybridized carbons (Fsp3) is 0.849. The summed E-state index contributed by atoms with van der Waals surface area (Å²) in [6, 6.07) is -0.637. The van der Waals surface area contributed by atoms with Gasteiger partial charge in [-0.1, -0.05) is 224 Å². The number of allylic oxidation sites excluding steroid dienone is 5. The monoisotopic (exact) mass is 830 g/mol. The number of aliphatic hydroxyl groups is 2. The number of aliphatic hydroxyl groups excluding tert-OH is 2. The largest absolute Gasteiger partial charge is 0.466 e. The van der Waals surface area contributed by atoms with Crippen LogP contribution in [0.3, 0.4) is 0 Å². The standard InChI is InChI=1S/C53H99NO5/c1-3-5-7-9-11-13-15-17-18-19-23-27-31-35-39-43-47-53(58)59-48-44-40-36-32-28-24-20-22-26-30-34-38-42-46-52(57)54-50(49-55)51(56)45-41-37-33-29-25-21-16-14-12-10-8-6-4-2/h13,15,18-19,41,45,50-51,55-56H,3-12,14,16-17,20-40,42-44,46-49H2,1-2H3,(H,54,57)/b15-13-,19-18-,45-41+. The lowest BCUT2D eigenvalue weighted by molar-refractivity contribution is -0.143. The minimum atomic E-state index is -0.853. The number of amides is 1. The average molecular weight is 830 g/mol. The Morgan fingerprint density at radius 1 is 0.475 bits per heavy atom. The van der Waals surface area contributed by atoms with E-state index in [1.165, 1.54) is 173 Å². The molecule has 0 aliphatic carbocycles. The molecule has 3 N–H and O–H groups in total. The first kappa shape index (κ1) is 57.1. The summed E-state index contributed by atoms with van der Waals surface area (Å²) in [5, 5.41) is 23.0. The first-order chi connectivity index (χ1) is 29.0. The van der Waals surface area contributed by atoms with E-state index in [1.807, 2.05) is 6.08 Å². The van der Waals surface area contributed by atoms with Crippen molar-refractivity contribution in [3.05, 3.63) is 36.5 Å². The molecular formula is C53H99NO5. The summed E-state index contributed by atoms with van der Waals surface area (Å²) < 4.78 is 5.46. The minimum absolute atomic E-state index is 0.0209.